The van der Waals surface area contributed by atoms with Gasteiger partial charge in [0.2, 0.25) is 0 Å². The number of pyridine rings is 1. The van der Waals surface area contributed by atoms with Gasteiger partial charge in [-0.2, -0.15) is 0 Å². The number of fused-ring (bicyclic) bond motifs is 1. The first-order valence-electron chi connectivity index (χ1n) is 7.91. The highest BCUT2D eigenvalue weighted by Gasteiger charge is 2.21. The number of benzene rings is 1. The maximum atomic E-state index is 10.0. The molecule has 0 radical (unpaired) electrons. The van der Waals surface area contributed by atoms with Crippen LogP contribution in [0.25, 0.3) is 22.3 Å². The molecule has 0 amide bonds. The number of aromatic nitrogens is 3. The molecule has 3 aromatic rings. The first-order valence-corrected chi connectivity index (χ1v) is 7.91. The summed E-state index contributed by atoms with van der Waals surface area (Å²) in [5.74, 6) is 1.57. The molecule has 0 unspecified atom stereocenters. The van der Waals surface area contributed by atoms with Crippen LogP contribution < -0.4 is 4.90 Å². The molecule has 1 saturated heterocycles. The minimum Gasteiger partial charge on any atom is -0.391 e. The second-order valence-electron chi connectivity index (χ2n) is 5.87. The Morgan fingerprint density at radius 2 is 2.00 bits per heavy atom. The SMILES string of the molecule is O[C@@H]1CCCN(c2nc(-c3cccnc3)nc3ccccc23)C1. The summed E-state index contributed by atoms with van der Waals surface area (Å²) in [6, 6.07) is 11.9. The predicted molar refractivity (Wildman–Crippen MR) is 90.2 cm³/mol. The van der Waals surface area contributed by atoms with E-state index in [1.165, 1.54) is 0 Å². The van der Waals surface area contributed by atoms with Crippen LogP contribution in [-0.4, -0.2) is 39.3 Å². The molecule has 116 valence electrons. The minimum absolute atomic E-state index is 0.292. The molecule has 1 fully saturated rings. The van der Waals surface area contributed by atoms with Crippen LogP contribution in [0.3, 0.4) is 0 Å². The van der Waals surface area contributed by atoms with Gasteiger partial charge in [0.05, 0.1) is 11.6 Å². The minimum atomic E-state index is -0.292. The van der Waals surface area contributed by atoms with Gasteiger partial charge >= 0.3 is 0 Å². The summed E-state index contributed by atoms with van der Waals surface area (Å²) in [5.41, 5.74) is 1.81. The number of para-hydroxylation sites is 1. The lowest BCUT2D eigenvalue weighted by Gasteiger charge is -2.31. The van der Waals surface area contributed by atoms with E-state index in [-0.39, 0.29) is 6.10 Å². The molecule has 0 spiro atoms. The Balaban J connectivity index is 1.87. The molecule has 5 heteroatoms. The Morgan fingerprint density at radius 3 is 2.83 bits per heavy atom. The maximum absolute atomic E-state index is 10.0. The van der Waals surface area contributed by atoms with E-state index in [0.717, 1.165) is 41.7 Å². The Hall–Kier alpha value is -2.53. The number of aliphatic hydroxyl groups is 1. The van der Waals surface area contributed by atoms with E-state index in [9.17, 15) is 5.11 Å². The lowest BCUT2D eigenvalue weighted by atomic mass is 10.1. The van der Waals surface area contributed by atoms with Gasteiger partial charge in [-0.1, -0.05) is 12.1 Å². The normalized spacial score (nSPS) is 18.3. The number of nitrogens with zero attached hydrogens (tertiary/aromatic N) is 4. The molecule has 0 aliphatic carbocycles. The average Bonchev–Trinajstić information content (AvgIpc) is 2.61. The zero-order valence-electron chi connectivity index (χ0n) is 12.8. The van der Waals surface area contributed by atoms with Crippen molar-refractivity contribution in [2.45, 2.75) is 18.9 Å². The topological polar surface area (TPSA) is 62.1 Å². The predicted octanol–water partition coefficient (Wildman–Crippen LogP) is 2.65. The summed E-state index contributed by atoms with van der Waals surface area (Å²) in [6.07, 6.45) is 5.06. The van der Waals surface area contributed by atoms with Gasteiger partial charge in [0, 0.05) is 36.4 Å². The summed E-state index contributed by atoms with van der Waals surface area (Å²) in [7, 11) is 0. The number of β-amino-alcohol motifs (C(OH)–C–C–N with tert-alkyl or cyclic N) is 1. The van der Waals surface area contributed by atoms with Crippen molar-refractivity contribution >= 4 is 16.7 Å². The molecule has 3 heterocycles. The van der Waals surface area contributed by atoms with E-state index < -0.39 is 0 Å². The van der Waals surface area contributed by atoms with Crippen LogP contribution in [0, 0.1) is 0 Å². The van der Waals surface area contributed by atoms with Crippen LogP contribution in [-0.2, 0) is 0 Å². The second-order valence-corrected chi connectivity index (χ2v) is 5.87. The number of rotatable bonds is 2. The number of aliphatic hydroxyl groups excluding tert-OH is 1. The molecule has 1 N–H and O–H groups in total. The third-order valence-corrected chi connectivity index (χ3v) is 4.20. The molecular formula is C18H18N4O. The third-order valence-electron chi connectivity index (χ3n) is 4.20. The van der Waals surface area contributed by atoms with Gasteiger partial charge in [-0.3, -0.25) is 4.98 Å². The number of anilines is 1. The van der Waals surface area contributed by atoms with E-state index in [2.05, 4.69) is 14.9 Å². The zero-order chi connectivity index (χ0) is 15.6. The van der Waals surface area contributed by atoms with Gasteiger partial charge in [-0.15, -0.1) is 0 Å². The number of piperidine rings is 1. The summed E-state index contributed by atoms with van der Waals surface area (Å²) < 4.78 is 0. The lowest BCUT2D eigenvalue weighted by molar-refractivity contribution is 0.154. The molecule has 1 aliphatic heterocycles. The fraction of sp³-hybridized carbons (Fsp3) is 0.278. The van der Waals surface area contributed by atoms with Crippen LogP contribution >= 0.6 is 0 Å². The van der Waals surface area contributed by atoms with Crippen LogP contribution in [0.1, 0.15) is 12.8 Å². The Bertz CT molecular complexity index is 822. The highest BCUT2D eigenvalue weighted by atomic mass is 16.3. The number of hydrogen-bond acceptors (Lipinski definition) is 5. The molecule has 5 nitrogen and oxygen atoms in total. The van der Waals surface area contributed by atoms with Gasteiger partial charge in [0.15, 0.2) is 5.82 Å². The second kappa shape index (κ2) is 5.93. The molecule has 4 rings (SSSR count). The molecule has 1 aliphatic rings. The lowest BCUT2D eigenvalue weighted by Crippen LogP contribution is -2.38. The Kier molecular flexibility index (Phi) is 3.63. The Labute approximate surface area is 134 Å². The number of hydrogen-bond donors (Lipinski definition) is 1. The van der Waals surface area contributed by atoms with Crippen LogP contribution in [0.5, 0.6) is 0 Å². The van der Waals surface area contributed by atoms with Gasteiger partial charge < -0.3 is 10.0 Å². The van der Waals surface area contributed by atoms with Crippen molar-refractivity contribution in [1.82, 2.24) is 15.0 Å². The fourth-order valence-corrected chi connectivity index (χ4v) is 3.07. The summed E-state index contributed by atoms with van der Waals surface area (Å²) >= 11 is 0. The van der Waals surface area contributed by atoms with E-state index >= 15 is 0 Å². The van der Waals surface area contributed by atoms with Crippen LogP contribution in [0.2, 0.25) is 0 Å². The standard InChI is InChI=1S/C18H18N4O/c23-14-6-4-10-22(12-14)18-15-7-1-2-8-16(15)20-17(21-18)13-5-3-9-19-11-13/h1-3,5,7-9,11,14,23H,4,6,10,12H2/t14-/m1/s1. The monoisotopic (exact) mass is 306 g/mol. The van der Waals surface area contributed by atoms with Crippen molar-refractivity contribution < 1.29 is 5.11 Å². The van der Waals surface area contributed by atoms with Gasteiger partial charge in [-0.05, 0) is 37.1 Å². The van der Waals surface area contributed by atoms with E-state index in [0.29, 0.717) is 12.4 Å². The Morgan fingerprint density at radius 1 is 1.09 bits per heavy atom. The van der Waals surface area contributed by atoms with E-state index in [4.69, 9.17) is 4.98 Å². The highest BCUT2D eigenvalue weighted by Crippen LogP contribution is 2.29. The smallest absolute Gasteiger partial charge is 0.163 e. The summed E-state index contributed by atoms with van der Waals surface area (Å²) in [4.78, 5) is 15.8. The quantitative estimate of drug-likeness (QED) is 0.788. The summed E-state index contributed by atoms with van der Waals surface area (Å²) in [5, 5.41) is 11.0. The molecule has 1 aromatic carbocycles. The van der Waals surface area contributed by atoms with Crippen molar-refractivity contribution in [3.63, 3.8) is 0 Å². The molecule has 0 saturated carbocycles. The van der Waals surface area contributed by atoms with Gasteiger partial charge in [0.25, 0.3) is 0 Å². The van der Waals surface area contributed by atoms with Crippen molar-refractivity contribution in [2.75, 3.05) is 18.0 Å². The first kappa shape index (κ1) is 14.1. The molecule has 2 aromatic heterocycles. The van der Waals surface area contributed by atoms with Crippen molar-refractivity contribution in [3.05, 3.63) is 48.8 Å². The molecular weight excluding hydrogens is 288 g/mol. The van der Waals surface area contributed by atoms with E-state index in [1.807, 2.05) is 36.4 Å². The van der Waals surface area contributed by atoms with Crippen molar-refractivity contribution in [2.24, 2.45) is 0 Å². The average molecular weight is 306 g/mol. The maximum Gasteiger partial charge on any atom is 0.163 e. The fourth-order valence-electron chi connectivity index (χ4n) is 3.07. The first-order chi connectivity index (χ1) is 11.3. The van der Waals surface area contributed by atoms with Gasteiger partial charge in [0.1, 0.15) is 5.82 Å². The van der Waals surface area contributed by atoms with Crippen molar-refractivity contribution in [3.8, 4) is 11.4 Å². The summed E-state index contributed by atoms with van der Waals surface area (Å²) in [6.45, 7) is 1.53. The van der Waals surface area contributed by atoms with Gasteiger partial charge in [-0.25, -0.2) is 9.97 Å². The molecule has 1 atom stereocenters. The van der Waals surface area contributed by atoms with Crippen LogP contribution in [0.15, 0.2) is 48.8 Å². The van der Waals surface area contributed by atoms with Crippen LogP contribution in [0.4, 0.5) is 5.82 Å². The largest absolute Gasteiger partial charge is 0.391 e. The van der Waals surface area contributed by atoms with Crippen molar-refractivity contribution in [1.29, 1.82) is 0 Å². The molecule has 23 heavy (non-hydrogen) atoms. The van der Waals surface area contributed by atoms with E-state index in [1.54, 1.807) is 12.4 Å². The highest BCUT2D eigenvalue weighted by molar-refractivity contribution is 5.91. The molecule has 0 bridgehead atoms. The third kappa shape index (κ3) is 2.75. The zero-order valence-corrected chi connectivity index (χ0v) is 12.8.